The molecule has 0 fully saturated rings. The van der Waals surface area contributed by atoms with Crippen LogP contribution in [-0.2, 0) is 0 Å². The van der Waals surface area contributed by atoms with Crippen LogP contribution in [0.15, 0.2) is 30.3 Å². The van der Waals surface area contributed by atoms with E-state index in [1.807, 2.05) is 0 Å². The van der Waals surface area contributed by atoms with Crippen molar-refractivity contribution in [2.45, 2.75) is 46.1 Å². The lowest BCUT2D eigenvalue weighted by Crippen LogP contribution is -2.26. The van der Waals surface area contributed by atoms with E-state index in [0.717, 1.165) is 6.54 Å². The Labute approximate surface area is 100 Å². The zero-order valence-corrected chi connectivity index (χ0v) is 10.9. The van der Waals surface area contributed by atoms with Gasteiger partial charge in [0.2, 0.25) is 0 Å². The molecular weight excluding hydrogens is 194 g/mol. The highest BCUT2D eigenvalue weighted by Crippen LogP contribution is 2.21. The van der Waals surface area contributed by atoms with Crippen molar-refractivity contribution in [3.05, 3.63) is 35.9 Å². The minimum atomic E-state index is 0.498. The van der Waals surface area contributed by atoms with E-state index in [-0.39, 0.29) is 0 Å². The molecule has 1 aromatic rings. The van der Waals surface area contributed by atoms with Gasteiger partial charge in [0.15, 0.2) is 0 Å². The van der Waals surface area contributed by atoms with Crippen LogP contribution in [0.25, 0.3) is 0 Å². The molecule has 0 bridgehead atoms. The molecule has 0 aromatic heterocycles. The Bertz CT molecular complexity index is 266. The predicted octanol–water partition coefficient (Wildman–Crippen LogP) is 4.16. The SMILES string of the molecule is CCCCCNC(c1ccccc1)C(C)C. The molecule has 0 spiro atoms. The number of rotatable bonds is 7. The van der Waals surface area contributed by atoms with E-state index >= 15 is 0 Å². The van der Waals surface area contributed by atoms with E-state index in [0.29, 0.717) is 12.0 Å². The second-order valence-corrected chi connectivity index (χ2v) is 4.79. The molecule has 0 aliphatic rings. The Balaban J connectivity index is 2.49. The topological polar surface area (TPSA) is 12.0 Å². The first-order valence-electron chi connectivity index (χ1n) is 6.54. The van der Waals surface area contributed by atoms with E-state index in [4.69, 9.17) is 0 Å². The fourth-order valence-corrected chi connectivity index (χ4v) is 2.03. The molecule has 1 aromatic carbocycles. The molecular formula is C15H25N. The van der Waals surface area contributed by atoms with Gasteiger partial charge in [-0.05, 0) is 24.4 Å². The summed E-state index contributed by atoms with van der Waals surface area (Å²) in [5.41, 5.74) is 1.41. The summed E-state index contributed by atoms with van der Waals surface area (Å²) in [6, 6.07) is 11.3. The van der Waals surface area contributed by atoms with Gasteiger partial charge in [-0.2, -0.15) is 0 Å². The van der Waals surface area contributed by atoms with Crippen molar-refractivity contribution in [2.75, 3.05) is 6.54 Å². The van der Waals surface area contributed by atoms with Crippen LogP contribution in [0, 0.1) is 5.92 Å². The molecule has 0 heterocycles. The van der Waals surface area contributed by atoms with Crippen molar-refractivity contribution >= 4 is 0 Å². The van der Waals surface area contributed by atoms with Crippen LogP contribution >= 0.6 is 0 Å². The number of nitrogens with one attached hydrogen (secondary N) is 1. The number of hydrogen-bond acceptors (Lipinski definition) is 1. The van der Waals surface area contributed by atoms with Gasteiger partial charge in [-0.3, -0.25) is 0 Å². The molecule has 16 heavy (non-hydrogen) atoms. The minimum Gasteiger partial charge on any atom is -0.310 e. The monoisotopic (exact) mass is 219 g/mol. The van der Waals surface area contributed by atoms with E-state index in [1.165, 1.54) is 24.8 Å². The maximum atomic E-state index is 3.67. The Morgan fingerprint density at radius 2 is 1.75 bits per heavy atom. The molecule has 1 heteroatoms. The molecule has 1 atom stereocenters. The zero-order valence-electron chi connectivity index (χ0n) is 10.9. The van der Waals surface area contributed by atoms with Gasteiger partial charge in [-0.25, -0.2) is 0 Å². The second kappa shape index (κ2) is 7.45. The summed E-state index contributed by atoms with van der Waals surface area (Å²) in [6.07, 6.45) is 3.90. The highest BCUT2D eigenvalue weighted by atomic mass is 14.9. The van der Waals surface area contributed by atoms with Gasteiger partial charge in [0.05, 0.1) is 0 Å². The quantitative estimate of drug-likeness (QED) is 0.679. The number of benzene rings is 1. The number of hydrogen-bond donors (Lipinski definition) is 1. The second-order valence-electron chi connectivity index (χ2n) is 4.79. The summed E-state index contributed by atoms with van der Waals surface area (Å²) in [6.45, 7) is 7.94. The van der Waals surface area contributed by atoms with E-state index in [1.54, 1.807) is 0 Å². The molecule has 90 valence electrons. The first kappa shape index (κ1) is 13.2. The molecule has 1 N–H and O–H groups in total. The lowest BCUT2D eigenvalue weighted by Gasteiger charge is -2.23. The van der Waals surface area contributed by atoms with Crippen LogP contribution in [0.5, 0.6) is 0 Å². The zero-order chi connectivity index (χ0) is 11.8. The molecule has 0 aliphatic carbocycles. The summed E-state index contributed by atoms with van der Waals surface area (Å²) >= 11 is 0. The van der Waals surface area contributed by atoms with Crippen LogP contribution in [-0.4, -0.2) is 6.54 Å². The Hall–Kier alpha value is -0.820. The van der Waals surface area contributed by atoms with E-state index < -0.39 is 0 Å². The number of unbranched alkanes of at least 4 members (excludes halogenated alkanes) is 2. The first-order chi connectivity index (χ1) is 7.75. The van der Waals surface area contributed by atoms with E-state index in [9.17, 15) is 0 Å². The van der Waals surface area contributed by atoms with Gasteiger partial charge in [0.25, 0.3) is 0 Å². The summed E-state index contributed by atoms with van der Waals surface area (Å²) in [4.78, 5) is 0. The van der Waals surface area contributed by atoms with Gasteiger partial charge in [0.1, 0.15) is 0 Å². The van der Waals surface area contributed by atoms with Crippen LogP contribution < -0.4 is 5.32 Å². The first-order valence-corrected chi connectivity index (χ1v) is 6.54. The Morgan fingerprint density at radius 1 is 1.06 bits per heavy atom. The average Bonchev–Trinajstić information content (AvgIpc) is 2.30. The molecule has 1 unspecified atom stereocenters. The largest absolute Gasteiger partial charge is 0.310 e. The van der Waals surface area contributed by atoms with Gasteiger partial charge >= 0.3 is 0 Å². The third-order valence-electron chi connectivity index (χ3n) is 2.97. The summed E-state index contributed by atoms with van der Waals surface area (Å²) in [5, 5.41) is 3.67. The van der Waals surface area contributed by atoms with Gasteiger partial charge in [0, 0.05) is 6.04 Å². The van der Waals surface area contributed by atoms with Crippen LogP contribution in [0.4, 0.5) is 0 Å². The van der Waals surface area contributed by atoms with Gasteiger partial charge < -0.3 is 5.32 Å². The summed E-state index contributed by atoms with van der Waals surface area (Å²) in [5.74, 6) is 0.643. The Kier molecular flexibility index (Phi) is 6.17. The fourth-order valence-electron chi connectivity index (χ4n) is 2.03. The van der Waals surface area contributed by atoms with Crippen molar-refractivity contribution < 1.29 is 0 Å². The molecule has 0 aliphatic heterocycles. The molecule has 0 amide bonds. The molecule has 0 radical (unpaired) electrons. The lowest BCUT2D eigenvalue weighted by molar-refractivity contribution is 0.406. The smallest absolute Gasteiger partial charge is 0.0343 e. The average molecular weight is 219 g/mol. The molecule has 0 saturated carbocycles. The molecule has 1 nitrogen and oxygen atoms in total. The third-order valence-corrected chi connectivity index (χ3v) is 2.97. The van der Waals surface area contributed by atoms with Gasteiger partial charge in [-0.1, -0.05) is 63.9 Å². The lowest BCUT2D eigenvalue weighted by atomic mass is 9.96. The summed E-state index contributed by atoms with van der Waals surface area (Å²) < 4.78 is 0. The maximum absolute atomic E-state index is 3.67. The Morgan fingerprint density at radius 3 is 2.31 bits per heavy atom. The summed E-state index contributed by atoms with van der Waals surface area (Å²) in [7, 11) is 0. The van der Waals surface area contributed by atoms with E-state index in [2.05, 4.69) is 56.4 Å². The van der Waals surface area contributed by atoms with Crippen molar-refractivity contribution in [3.63, 3.8) is 0 Å². The minimum absolute atomic E-state index is 0.498. The van der Waals surface area contributed by atoms with Crippen molar-refractivity contribution in [2.24, 2.45) is 5.92 Å². The normalized spacial score (nSPS) is 13.0. The van der Waals surface area contributed by atoms with Crippen LogP contribution in [0.1, 0.15) is 51.6 Å². The molecule has 1 rings (SSSR count). The highest BCUT2D eigenvalue weighted by Gasteiger charge is 2.13. The third kappa shape index (κ3) is 4.36. The highest BCUT2D eigenvalue weighted by molar-refractivity contribution is 5.19. The van der Waals surface area contributed by atoms with Crippen LogP contribution in [0.3, 0.4) is 0 Å². The maximum Gasteiger partial charge on any atom is 0.0343 e. The molecule has 0 saturated heterocycles. The van der Waals surface area contributed by atoms with Crippen LogP contribution in [0.2, 0.25) is 0 Å². The van der Waals surface area contributed by atoms with Crippen molar-refractivity contribution in [3.8, 4) is 0 Å². The standard InChI is InChI=1S/C15H25N/c1-4-5-9-12-16-15(13(2)3)14-10-7-6-8-11-14/h6-8,10-11,13,15-16H,4-5,9,12H2,1-3H3. The van der Waals surface area contributed by atoms with Gasteiger partial charge in [-0.15, -0.1) is 0 Å². The fraction of sp³-hybridized carbons (Fsp3) is 0.600. The predicted molar refractivity (Wildman–Crippen MR) is 71.5 cm³/mol. The van der Waals surface area contributed by atoms with Crippen molar-refractivity contribution in [1.82, 2.24) is 5.32 Å². The van der Waals surface area contributed by atoms with Crippen molar-refractivity contribution in [1.29, 1.82) is 0 Å².